The summed E-state index contributed by atoms with van der Waals surface area (Å²) < 4.78 is 5.56. The molecule has 2 unspecified atom stereocenters. The third kappa shape index (κ3) is 3.93. The number of halogens is 1. The largest absolute Gasteiger partial charge is 0.337 e. The molecular formula is C17H24ClN5O2S. The first-order valence-electron chi connectivity index (χ1n) is 8.78. The predicted octanol–water partition coefficient (Wildman–Crippen LogP) is 2.04. The van der Waals surface area contributed by atoms with Crippen molar-refractivity contribution in [2.75, 3.05) is 33.2 Å². The Kier molecular flexibility index (Phi) is 6.29. The summed E-state index contributed by atoms with van der Waals surface area (Å²) >= 11 is 1.62. The minimum absolute atomic E-state index is 0. The van der Waals surface area contributed by atoms with Gasteiger partial charge in [0.2, 0.25) is 11.8 Å². The monoisotopic (exact) mass is 397 g/mol. The zero-order chi connectivity index (χ0) is 17.2. The highest BCUT2D eigenvalue weighted by molar-refractivity contribution is 7.10. The summed E-state index contributed by atoms with van der Waals surface area (Å²) in [6.07, 6.45) is 2.31. The topological polar surface area (TPSA) is 74.5 Å². The van der Waals surface area contributed by atoms with E-state index in [9.17, 15) is 4.79 Å². The van der Waals surface area contributed by atoms with Gasteiger partial charge in [0.15, 0.2) is 5.82 Å². The quantitative estimate of drug-likeness (QED) is 0.850. The van der Waals surface area contributed by atoms with Crippen molar-refractivity contribution in [2.24, 2.45) is 0 Å². The number of aromatic nitrogens is 2. The Balaban J connectivity index is 0.00000196. The molecule has 2 fully saturated rings. The lowest BCUT2D eigenvalue weighted by atomic mass is 10.2. The van der Waals surface area contributed by atoms with Gasteiger partial charge in [-0.15, -0.1) is 23.7 Å². The maximum Gasteiger partial charge on any atom is 0.249 e. The highest BCUT2D eigenvalue weighted by atomic mass is 35.5. The first-order valence-corrected chi connectivity index (χ1v) is 9.66. The van der Waals surface area contributed by atoms with Gasteiger partial charge in [-0.25, -0.2) is 0 Å². The van der Waals surface area contributed by atoms with Gasteiger partial charge in [-0.05, 0) is 31.3 Å². The van der Waals surface area contributed by atoms with E-state index in [0.717, 1.165) is 43.9 Å². The van der Waals surface area contributed by atoms with Gasteiger partial charge in [0, 0.05) is 31.1 Å². The molecule has 2 aliphatic rings. The van der Waals surface area contributed by atoms with E-state index in [0.29, 0.717) is 18.1 Å². The summed E-state index contributed by atoms with van der Waals surface area (Å²) in [7, 11) is 2.08. The standard InChI is InChI=1S/C17H23N5O2S.ClH/c1-21-8-6-18-11-14(21)16-19-17(24-20-16)13-5-2-7-22(13)15(23)10-12-4-3-9-25-12;/h3-4,9,13-14,18H,2,5-8,10-11H2,1H3;1H. The number of amides is 1. The Hall–Kier alpha value is -1.48. The van der Waals surface area contributed by atoms with Crippen LogP contribution >= 0.6 is 23.7 Å². The van der Waals surface area contributed by atoms with Gasteiger partial charge in [-0.1, -0.05) is 11.2 Å². The molecule has 4 rings (SSSR count). The molecule has 0 aromatic carbocycles. The van der Waals surface area contributed by atoms with E-state index in [1.807, 2.05) is 22.4 Å². The van der Waals surface area contributed by atoms with Gasteiger partial charge >= 0.3 is 0 Å². The minimum Gasteiger partial charge on any atom is -0.337 e. The zero-order valence-corrected chi connectivity index (χ0v) is 16.4. The van der Waals surface area contributed by atoms with E-state index >= 15 is 0 Å². The number of likely N-dealkylation sites (tertiary alicyclic amines) is 1. The molecule has 7 nitrogen and oxygen atoms in total. The summed E-state index contributed by atoms with van der Waals surface area (Å²) in [6.45, 7) is 3.52. The average Bonchev–Trinajstić information content (AvgIpc) is 3.36. The van der Waals surface area contributed by atoms with E-state index in [2.05, 4.69) is 27.4 Å². The van der Waals surface area contributed by atoms with E-state index in [1.165, 1.54) is 0 Å². The Labute approximate surface area is 163 Å². The first kappa shape index (κ1) is 19.3. The maximum absolute atomic E-state index is 12.7. The van der Waals surface area contributed by atoms with Gasteiger partial charge < -0.3 is 14.7 Å². The van der Waals surface area contributed by atoms with Crippen LogP contribution in [0.15, 0.2) is 22.0 Å². The van der Waals surface area contributed by atoms with Crippen LogP contribution in [0.2, 0.25) is 0 Å². The number of nitrogens with zero attached hydrogens (tertiary/aromatic N) is 4. The molecule has 142 valence electrons. The molecule has 1 N–H and O–H groups in total. The van der Waals surface area contributed by atoms with Crippen molar-refractivity contribution in [2.45, 2.75) is 31.3 Å². The predicted molar refractivity (Wildman–Crippen MR) is 101 cm³/mol. The second-order valence-corrected chi connectivity index (χ2v) is 7.72. The van der Waals surface area contributed by atoms with E-state index < -0.39 is 0 Å². The molecule has 9 heteroatoms. The second kappa shape index (κ2) is 8.47. The number of hydrogen-bond donors (Lipinski definition) is 1. The number of likely N-dealkylation sites (N-methyl/N-ethyl adjacent to an activating group) is 1. The SMILES string of the molecule is CN1CCNCC1c1noc(C2CCCN2C(=O)Cc2cccs2)n1.Cl. The molecular weight excluding hydrogens is 374 g/mol. The zero-order valence-electron chi connectivity index (χ0n) is 14.8. The number of hydrogen-bond acceptors (Lipinski definition) is 7. The molecule has 2 aliphatic heterocycles. The van der Waals surface area contributed by atoms with Crippen molar-refractivity contribution in [3.63, 3.8) is 0 Å². The average molecular weight is 398 g/mol. The van der Waals surface area contributed by atoms with Gasteiger partial charge in [0.25, 0.3) is 0 Å². The van der Waals surface area contributed by atoms with Crippen molar-refractivity contribution < 1.29 is 9.32 Å². The van der Waals surface area contributed by atoms with Crippen LogP contribution in [0.3, 0.4) is 0 Å². The fraction of sp³-hybridized carbons (Fsp3) is 0.588. The lowest BCUT2D eigenvalue weighted by molar-refractivity contribution is -0.131. The number of carbonyl (C=O) groups excluding carboxylic acids is 1. The van der Waals surface area contributed by atoms with Crippen molar-refractivity contribution in [3.05, 3.63) is 34.1 Å². The highest BCUT2D eigenvalue weighted by Gasteiger charge is 2.35. The third-order valence-electron chi connectivity index (χ3n) is 5.03. The van der Waals surface area contributed by atoms with Crippen LogP contribution < -0.4 is 5.32 Å². The lowest BCUT2D eigenvalue weighted by Gasteiger charge is -2.30. The van der Waals surface area contributed by atoms with Crippen molar-refractivity contribution >= 4 is 29.7 Å². The summed E-state index contributed by atoms with van der Waals surface area (Å²) in [5.41, 5.74) is 0. The Morgan fingerprint density at radius 1 is 1.42 bits per heavy atom. The molecule has 1 amide bonds. The molecule has 0 bridgehead atoms. The van der Waals surface area contributed by atoms with Crippen LogP contribution in [0.4, 0.5) is 0 Å². The Morgan fingerprint density at radius 3 is 3.08 bits per heavy atom. The molecule has 26 heavy (non-hydrogen) atoms. The van der Waals surface area contributed by atoms with Crippen LogP contribution in [-0.2, 0) is 11.2 Å². The number of nitrogens with one attached hydrogen (secondary N) is 1. The smallest absolute Gasteiger partial charge is 0.249 e. The van der Waals surface area contributed by atoms with Gasteiger partial charge in [0.1, 0.15) is 6.04 Å². The highest BCUT2D eigenvalue weighted by Crippen LogP contribution is 2.32. The maximum atomic E-state index is 12.7. The molecule has 0 saturated carbocycles. The van der Waals surface area contributed by atoms with E-state index in [4.69, 9.17) is 4.52 Å². The van der Waals surface area contributed by atoms with Crippen LogP contribution in [0.5, 0.6) is 0 Å². The van der Waals surface area contributed by atoms with Gasteiger partial charge in [0.05, 0.1) is 12.5 Å². The molecule has 4 heterocycles. The number of rotatable bonds is 4. The Morgan fingerprint density at radius 2 is 2.31 bits per heavy atom. The fourth-order valence-corrected chi connectivity index (χ4v) is 4.29. The van der Waals surface area contributed by atoms with Crippen LogP contribution in [0.1, 0.15) is 41.5 Å². The van der Waals surface area contributed by atoms with Crippen molar-refractivity contribution in [3.8, 4) is 0 Å². The Bertz CT molecular complexity index is 723. The van der Waals surface area contributed by atoms with Crippen molar-refractivity contribution in [1.29, 1.82) is 0 Å². The third-order valence-corrected chi connectivity index (χ3v) is 5.91. The van der Waals surface area contributed by atoms with E-state index in [-0.39, 0.29) is 30.4 Å². The lowest BCUT2D eigenvalue weighted by Crippen LogP contribution is -2.44. The summed E-state index contributed by atoms with van der Waals surface area (Å²) in [5, 5.41) is 9.57. The van der Waals surface area contributed by atoms with Gasteiger partial charge in [-0.3, -0.25) is 9.69 Å². The van der Waals surface area contributed by atoms with Crippen LogP contribution in [0, 0.1) is 0 Å². The van der Waals surface area contributed by atoms with Crippen molar-refractivity contribution in [1.82, 2.24) is 25.3 Å². The number of piperazine rings is 1. The molecule has 2 aromatic rings. The summed E-state index contributed by atoms with van der Waals surface area (Å²) in [4.78, 5) is 22.6. The molecule has 0 spiro atoms. The molecule has 0 aliphatic carbocycles. The minimum atomic E-state index is -0.0874. The summed E-state index contributed by atoms with van der Waals surface area (Å²) in [6, 6.07) is 4.02. The second-order valence-electron chi connectivity index (χ2n) is 6.69. The molecule has 2 atom stereocenters. The van der Waals surface area contributed by atoms with Crippen LogP contribution in [-0.4, -0.2) is 59.1 Å². The normalized spacial score (nSPS) is 23.8. The van der Waals surface area contributed by atoms with Crippen LogP contribution in [0.25, 0.3) is 0 Å². The molecule has 2 saturated heterocycles. The fourth-order valence-electron chi connectivity index (χ4n) is 3.60. The van der Waals surface area contributed by atoms with E-state index in [1.54, 1.807) is 11.3 Å². The molecule has 0 radical (unpaired) electrons. The number of carbonyl (C=O) groups is 1. The number of thiophene rings is 1. The molecule has 2 aromatic heterocycles. The van der Waals surface area contributed by atoms with Gasteiger partial charge in [-0.2, -0.15) is 4.98 Å². The summed E-state index contributed by atoms with van der Waals surface area (Å²) in [5.74, 6) is 1.43. The first-order chi connectivity index (χ1) is 12.2.